The molecule has 0 unspecified atom stereocenters. The molecule has 6 heteroatoms. The molecule has 1 aliphatic rings. The molecule has 152 valence electrons. The topological polar surface area (TPSA) is 71.3 Å². The highest BCUT2D eigenvalue weighted by Gasteiger charge is 2.27. The molecule has 0 saturated carbocycles. The molecule has 0 radical (unpaired) electrons. The van der Waals surface area contributed by atoms with Gasteiger partial charge in [-0.1, -0.05) is 0 Å². The first-order valence-electron chi connectivity index (χ1n) is 10.1. The Labute approximate surface area is 174 Å². The molecule has 2 N–H and O–H groups in total. The molecule has 4 rings (SSSR count). The SMILES string of the molecule is CCNC(=O)c1c(NC(=O)c2oc3cc(C)c(C)cc3c2C)sc2c1CCCC2. The maximum absolute atomic E-state index is 13.1. The molecule has 0 aliphatic heterocycles. The van der Waals surface area contributed by atoms with Crippen LogP contribution in [0.15, 0.2) is 16.5 Å². The first-order valence-corrected chi connectivity index (χ1v) is 11.0. The molecule has 29 heavy (non-hydrogen) atoms. The number of nitrogens with one attached hydrogen (secondary N) is 2. The van der Waals surface area contributed by atoms with E-state index in [9.17, 15) is 9.59 Å². The zero-order chi connectivity index (χ0) is 20.7. The van der Waals surface area contributed by atoms with Crippen molar-refractivity contribution in [3.63, 3.8) is 0 Å². The van der Waals surface area contributed by atoms with Crippen LogP contribution in [0.5, 0.6) is 0 Å². The highest BCUT2D eigenvalue weighted by Crippen LogP contribution is 2.39. The average Bonchev–Trinajstić information content (AvgIpc) is 3.20. The Morgan fingerprint density at radius 1 is 1.07 bits per heavy atom. The molecule has 5 nitrogen and oxygen atoms in total. The van der Waals surface area contributed by atoms with Crippen molar-refractivity contribution in [2.75, 3.05) is 11.9 Å². The van der Waals surface area contributed by atoms with Gasteiger partial charge >= 0.3 is 0 Å². The van der Waals surface area contributed by atoms with E-state index in [1.54, 1.807) is 0 Å². The van der Waals surface area contributed by atoms with Gasteiger partial charge < -0.3 is 15.1 Å². The van der Waals surface area contributed by atoms with E-state index in [1.165, 1.54) is 16.2 Å². The van der Waals surface area contributed by atoms with Gasteiger partial charge in [-0.25, -0.2) is 0 Å². The molecule has 2 amide bonds. The Morgan fingerprint density at radius 3 is 2.55 bits per heavy atom. The van der Waals surface area contributed by atoms with Crippen LogP contribution >= 0.6 is 11.3 Å². The lowest BCUT2D eigenvalue weighted by Gasteiger charge is -2.12. The van der Waals surface area contributed by atoms with Crippen LogP contribution in [-0.4, -0.2) is 18.4 Å². The van der Waals surface area contributed by atoms with Crippen molar-refractivity contribution >= 4 is 39.1 Å². The minimum atomic E-state index is -0.307. The minimum absolute atomic E-state index is 0.116. The third kappa shape index (κ3) is 3.46. The maximum atomic E-state index is 13.1. The van der Waals surface area contributed by atoms with E-state index in [0.29, 0.717) is 28.5 Å². The Kier molecular flexibility index (Phi) is 5.21. The van der Waals surface area contributed by atoms with Crippen LogP contribution in [0.1, 0.15) is 67.8 Å². The molecule has 2 aromatic heterocycles. The summed E-state index contributed by atoms with van der Waals surface area (Å²) in [5.74, 6) is -0.119. The largest absolute Gasteiger partial charge is 0.451 e. The van der Waals surface area contributed by atoms with Crippen molar-refractivity contribution in [2.24, 2.45) is 0 Å². The summed E-state index contributed by atoms with van der Waals surface area (Å²) >= 11 is 1.52. The molecule has 1 aromatic carbocycles. The van der Waals surface area contributed by atoms with Gasteiger partial charge in [0, 0.05) is 22.4 Å². The fraction of sp³-hybridized carbons (Fsp3) is 0.391. The zero-order valence-electron chi connectivity index (χ0n) is 17.3. The Hall–Kier alpha value is -2.60. The molecule has 2 heterocycles. The fourth-order valence-corrected chi connectivity index (χ4v) is 5.28. The van der Waals surface area contributed by atoms with Gasteiger partial charge in [0.1, 0.15) is 10.6 Å². The summed E-state index contributed by atoms with van der Waals surface area (Å²) in [4.78, 5) is 27.0. The zero-order valence-corrected chi connectivity index (χ0v) is 18.1. The first-order chi connectivity index (χ1) is 13.9. The molecule has 0 fully saturated rings. The molecule has 0 saturated heterocycles. The number of fused-ring (bicyclic) bond motifs is 2. The van der Waals surface area contributed by atoms with Gasteiger partial charge in [0.2, 0.25) is 0 Å². The van der Waals surface area contributed by atoms with Crippen LogP contribution in [0.25, 0.3) is 11.0 Å². The Bertz CT molecular complexity index is 1120. The predicted octanol–water partition coefficient (Wildman–Crippen LogP) is 5.30. The van der Waals surface area contributed by atoms with Crippen LogP contribution in [0.4, 0.5) is 5.00 Å². The van der Waals surface area contributed by atoms with Gasteiger partial charge in [0.25, 0.3) is 11.8 Å². The van der Waals surface area contributed by atoms with E-state index in [4.69, 9.17) is 4.42 Å². The van der Waals surface area contributed by atoms with Crippen molar-refractivity contribution in [2.45, 2.75) is 53.4 Å². The standard InChI is InChI=1S/C23H26N2O3S/c1-5-24-21(26)19-15-8-6-7-9-18(15)29-23(19)25-22(27)20-14(4)16-10-12(2)13(3)11-17(16)28-20/h10-11H,5-9H2,1-4H3,(H,24,26)(H,25,27). The third-order valence-corrected chi connectivity index (χ3v) is 6.93. The molecular weight excluding hydrogens is 384 g/mol. The highest BCUT2D eigenvalue weighted by atomic mass is 32.1. The molecule has 0 bridgehead atoms. The monoisotopic (exact) mass is 410 g/mol. The van der Waals surface area contributed by atoms with E-state index in [1.807, 2.05) is 26.8 Å². The summed E-state index contributed by atoms with van der Waals surface area (Å²) in [5, 5.41) is 7.45. The summed E-state index contributed by atoms with van der Waals surface area (Å²) in [6.07, 6.45) is 4.04. The number of hydrogen-bond donors (Lipinski definition) is 2. The fourth-order valence-electron chi connectivity index (χ4n) is 4.00. The summed E-state index contributed by atoms with van der Waals surface area (Å²) in [7, 11) is 0. The Morgan fingerprint density at radius 2 is 1.79 bits per heavy atom. The number of thiophene rings is 1. The van der Waals surface area contributed by atoms with Gasteiger partial charge in [-0.2, -0.15) is 0 Å². The summed E-state index contributed by atoms with van der Waals surface area (Å²) < 4.78 is 5.91. The number of amides is 2. The molecule has 0 atom stereocenters. The lowest BCUT2D eigenvalue weighted by Crippen LogP contribution is -2.25. The van der Waals surface area contributed by atoms with E-state index >= 15 is 0 Å². The number of furan rings is 1. The number of aryl methyl sites for hydroxylation is 4. The predicted molar refractivity (Wildman–Crippen MR) is 117 cm³/mol. The van der Waals surface area contributed by atoms with Crippen molar-refractivity contribution < 1.29 is 14.0 Å². The quantitative estimate of drug-likeness (QED) is 0.613. The molecular formula is C23H26N2O3S. The second-order valence-electron chi connectivity index (χ2n) is 7.72. The van der Waals surface area contributed by atoms with Crippen molar-refractivity contribution in [3.8, 4) is 0 Å². The summed E-state index contributed by atoms with van der Waals surface area (Å²) in [6.45, 7) is 8.44. The average molecular weight is 411 g/mol. The van der Waals surface area contributed by atoms with E-state index < -0.39 is 0 Å². The number of anilines is 1. The van der Waals surface area contributed by atoms with Crippen molar-refractivity contribution in [3.05, 3.63) is 50.6 Å². The van der Waals surface area contributed by atoms with Crippen LogP contribution in [0.3, 0.4) is 0 Å². The minimum Gasteiger partial charge on any atom is -0.451 e. The van der Waals surface area contributed by atoms with Crippen LogP contribution in [-0.2, 0) is 12.8 Å². The van der Waals surface area contributed by atoms with Gasteiger partial charge in [-0.05, 0) is 82.2 Å². The van der Waals surface area contributed by atoms with E-state index in [0.717, 1.165) is 53.3 Å². The number of rotatable bonds is 4. The summed E-state index contributed by atoms with van der Waals surface area (Å²) in [6, 6.07) is 4.03. The maximum Gasteiger partial charge on any atom is 0.292 e. The van der Waals surface area contributed by atoms with Gasteiger partial charge in [0.05, 0.1) is 5.56 Å². The van der Waals surface area contributed by atoms with Gasteiger partial charge in [0.15, 0.2) is 5.76 Å². The first kappa shape index (κ1) is 19.7. The van der Waals surface area contributed by atoms with E-state index in [2.05, 4.69) is 23.6 Å². The lowest BCUT2D eigenvalue weighted by molar-refractivity contribution is 0.0956. The second-order valence-corrected chi connectivity index (χ2v) is 8.82. The van der Waals surface area contributed by atoms with Crippen LogP contribution < -0.4 is 10.6 Å². The third-order valence-electron chi connectivity index (χ3n) is 5.72. The number of hydrogen-bond acceptors (Lipinski definition) is 4. The van der Waals surface area contributed by atoms with E-state index in [-0.39, 0.29) is 11.8 Å². The smallest absolute Gasteiger partial charge is 0.292 e. The molecule has 1 aliphatic carbocycles. The number of carbonyl (C=O) groups is 2. The lowest BCUT2D eigenvalue weighted by atomic mass is 9.95. The van der Waals surface area contributed by atoms with Crippen molar-refractivity contribution in [1.29, 1.82) is 0 Å². The summed E-state index contributed by atoms with van der Waals surface area (Å²) in [5.41, 5.74) is 5.54. The second kappa shape index (κ2) is 7.67. The van der Waals surface area contributed by atoms with Gasteiger partial charge in [-0.15, -0.1) is 11.3 Å². The normalized spacial score (nSPS) is 13.4. The molecule has 3 aromatic rings. The highest BCUT2D eigenvalue weighted by molar-refractivity contribution is 7.17. The van der Waals surface area contributed by atoms with Crippen LogP contribution in [0.2, 0.25) is 0 Å². The van der Waals surface area contributed by atoms with Crippen LogP contribution in [0, 0.1) is 20.8 Å². The van der Waals surface area contributed by atoms with Gasteiger partial charge in [-0.3, -0.25) is 9.59 Å². The molecule has 0 spiro atoms. The van der Waals surface area contributed by atoms with Crippen molar-refractivity contribution in [1.82, 2.24) is 5.32 Å². The Balaban J connectivity index is 1.72. The number of carbonyl (C=O) groups excluding carboxylic acids is 2. The number of benzene rings is 1.